The van der Waals surface area contributed by atoms with Crippen LogP contribution in [0.25, 0.3) is 0 Å². The fraction of sp³-hybridized carbons (Fsp3) is 0.333. The molecule has 6 nitrogen and oxygen atoms in total. The molecule has 7 heteroatoms. The Morgan fingerprint density at radius 2 is 1.89 bits per heavy atom. The van der Waals surface area contributed by atoms with Gasteiger partial charge in [0, 0.05) is 32.0 Å². The van der Waals surface area contributed by atoms with E-state index in [1.54, 1.807) is 4.90 Å². The number of carbonyl (C=O) groups excluding carboxylic acids is 2. The van der Waals surface area contributed by atoms with E-state index in [2.05, 4.69) is 0 Å². The first-order valence-corrected chi connectivity index (χ1v) is 9.95. The second kappa shape index (κ2) is 8.77. The minimum Gasteiger partial charge on any atom is -0.451 e. The van der Waals surface area contributed by atoms with E-state index in [0.717, 1.165) is 26.8 Å². The highest BCUT2D eigenvalue weighted by molar-refractivity contribution is 7.99. The van der Waals surface area contributed by atoms with Crippen molar-refractivity contribution in [2.45, 2.75) is 30.1 Å². The van der Waals surface area contributed by atoms with Crippen LogP contribution < -0.4 is 4.90 Å². The van der Waals surface area contributed by atoms with Gasteiger partial charge < -0.3 is 14.8 Å². The molecule has 1 heterocycles. The van der Waals surface area contributed by atoms with Gasteiger partial charge in [-0.3, -0.25) is 9.59 Å². The Morgan fingerprint density at radius 1 is 1.21 bits per heavy atom. The van der Waals surface area contributed by atoms with Crippen LogP contribution >= 0.6 is 11.8 Å². The second-order valence-electron chi connectivity index (χ2n) is 6.82. The predicted molar refractivity (Wildman–Crippen MR) is 109 cm³/mol. The van der Waals surface area contributed by atoms with Gasteiger partial charge in [0.25, 0.3) is 5.91 Å². The van der Waals surface area contributed by atoms with Gasteiger partial charge in [-0.2, -0.15) is 5.06 Å². The Balaban J connectivity index is 2.07. The van der Waals surface area contributed by atoms with Crippen LogP contribution in [0, 0.1) is 6.92 Å². The number of carbonyl (C=O) groups is 2. The summed E-state index contributed by atoms with van der Waals surface area (Å²) >= 11 is 1.51. The van der Waals surface area contributed by atoms with E-state index in [9.17, 15) is 14.8 Å². The molecule has 0 fully saturated rings. The maximum absolute atomic E-state index is 13.4. The van der Waals surface area contributed by atoms with Gasteiger partial charge in [0.2, 0.25) is 0 Å². The molecule has 1 N–H and O–H groups in total. The molecule has 148 valence electrons. The molecule has 0 spiro atoms. The number of aryl methyl sites for hydroxylation is 1. The lowest BCUT2D eigenvalue weighted by molar-refractivity contribution is -0.153. The average molecular weight is 401 g/mol. The number of anilines is 1. The number of esters is 1. The first kappa shape index (κ1) is 20.4. The molecule has 0 saturated carbocycles. The molecule has 0 bridgehead atoms. The maximum Gasteiger partial charge on any atom is 0.303 e. The largest absolute Gasteiger partial charge is 0.451 e. The molecule has 1 aliphatic rings. The number of nitrogens with zero attached hydrogens (tertiary/aromatic N) is 2. The molecule has 1 aliphatic heterocycles. The molecule has 0 radical (unpaired) electrons. The van der Waals surface area contributed by atoms with Crippen molar-refractivity contribution in [3.8, 4) is 0 Å². The SMILES string of the molecule is CC(=O)OC1C(=O)N(CCN(C)O)c2ccccc2SC1c1ccc(C)cc1. The molecule has 2 aromatic carbocycles. The van der Waals surface area contributed by atoms with Crippen LogP contribution in [-0.2, 0) is 14.3 Å². The first-order valence-electron chi connectivity index (χ1n) is 9.07. The average Bonchev–Trinajstić information content (AvgIpc) is 2.76. The number of thioether (sulfide) groups is 1. The highest BCUT2D eigenvalue weighted by Crippen LogP contribution is 2.46. The Bertz CT molecular complexity index is 854. The van der Waals surface area contributed by atoms with Gasteiger partial charge in [-0.1, -0.05) is 42.0 Å². The van der Waals surface area contributed by atoms with Gasteiger partial charge in [-0.25, -0.2) is 0 Å². The Morgan fingerprint density at radius 3 is 2.54 bits per heavy atom. The zero-order valence-corrected chi connectivity index (χ0v) is 17.0. The van der Waals surface area contributed by atoms with Crippen LogP contribution in [0.1, 0.15) is 23.3 Å². The number of hydroxylamine groups is 2. The molecule has 2 unspecified atom stereocenters. The minimum absolute atomic E-state index is 0.271. The molecule has 1 amide bonds. The summed E-state index contributed by atoms with van der Waals surface area (Å²) in [5, 5.41) is 10.2. The smallest absolute Gasteiger partial charge is 0.303 e. The Labute approximate surface area is 169 Å². The molecule has 3 rings (SSSR count). The van der Waals surface area contributed by atoms with Gasteiger partial charge in [0.1, 0.15) is 0 Å². The standard InChI is InChI=1S/C21H24N2O4S/c1-14-8-10-16(11-9-14)20-19(27-15(2)24)21(25)23(13-12-22(3)26)17-6-4-5-7-18(17)28-20/h4-11,19-20,26H,12-13H2,1-3H3. The molecular formula is C21H24N2O4S. The summed E-state index contributed by atoms with van der Waals surface area (Å²) in [6.45, 7) is 3.86. The third-order valence-corrected chi connectivity index (χ3v) is 5.91. The van der Waals surface area contributed by atoms with Crippen molar-refractivity contribution >= 4 is 29.3 Å². The quantitative estimate of drug-likeness (QED) is 0.613. The van der Waals surface area contributed by atoms with Crippen LogP contribution in [-0.4, -0.2) is 48.4 Å². The zero-order valence-electron chi connectivity index (χ0n) is 16.2. The van der Waals surface area contributed by atoms with Crippen molar-refractivity contribution in [2.75, 3.05) is 25.0 Å². The number of likely N-dealkylation sites (N-methyl/N-ethyl adjacent to an activating group) is 1. The van der Waals surface area contributed by atoms with Crippen molar-refractivity contribution in [2.24, 2.45) is 0 Å². The lowest BCUT2D eigenvalue weighted by atomic mass is 10.0. The van der Waals surface area contributed by atoms with Crippen molar-refractivity contribution in [3.05, 3.63) is 59.7 Å². The van der Waals surface area contributed by atoms with E-state index in [1.807, 2.05) is 55.5 Å². The second-order valence-corrected chi connectivity index (χ2v) is 8.00. The van der Waals surface area contributed by atoms with E-state index in [0.29, 0.717) is 0 Å². The van der Waals surface area contributed by atoms with Gasteiger partial charge >= 0.3 is 5.97 Å². The summed E-state index contributed by atoms with van der Waals surface area (Å²) in [7, 11) is 1.53. The minimum atomic E-state index is -0.957. The number of ether oxygens (including phenoxy) is 1. The van der Waals surface area contributed by atoms with Crippen LogP contribution in [0.5, 0.6) is 0 Å². The van der Waals surface area contributed by atoms with E-state index >= 15 is 0 Å². The van der Waals surface area contributed by atoms with Crippen LogP contribution in [0.4, 0.5) is 5.69 Å². The van der Waals surface area contributed by atoms with E-state index < -0.39 is 12.1 Å². The number of para-hydroxylation sites is 1. The third kappa shape index (κ3) is 4.55. The van der Waals surface area contributed by atoms with Crippen molar-refractivity contribution in [1.29, 1.82) is 0 Å². The third-order valence-electron chi connectivity index (χ3n) is 4.54. The molecule has 0 saturated heterocycles. The Kier molecular flexibility index (Phi) is 6.39. The fourth-order valence-corrected chi connectivity index (χ4v) is 4.46. The lowest BCUT2D eigenvalue weighted by Crippen LogP contribution is -2.45. The fourth-order valence-electron chi connectivity index (χ4n) is 3.15. The summed E-state index contributed by atoms with van der Waals surface area (Å²) < 4.78 is 5.52. The number of amides is 1. The summed E-state index contributed by atoms with van der Waals surface area (Å²) in [5.74, 6) is -0.790. The number of hydrogen-bond acceptors (Lipinski definition) is 6. The van der Waals surface area contributed by atoms with Crippen molar-refractivity contribution in [3.63, 3.8) is 0 Å². The van der Waals surface area contributed by atoms with Gasteiger partial charge in [0.15, 0.2) is 6.10 Å². The van der Waals surface area contributed by atoms with E-state index in [4.69, 9.17) is 4.74 Å². The van der Waals surface area contributed by atoms with Crippen LogP contribution in [0.2, 0.25) is 0 Å². The number of fused-ring (bicyclic) bond motifs is 1. The summed E-state index contributed by atoms with van der Waals surface area (Å²) in [6.07, 6.45) is -0.957. The molecule has 2 aromatic rings. The van der Waals surface area contributed by atoms with Crippen molar-refractivity contribution < 1.29 is 19.5 Å². The van der Waals surface area contributed by atoms with Crippen LogP contribution in [0.15, 0.2) is 53.4 Å². The summed E-state index contributed by atoms with van der Waals surface area (Å²) in [6, 6.07) is 15.5. The molecule has 0 aromatic heterocycles. The predicted octanol–water partition coefficient (Wildman–Crippen LogP) is 3.43. The maximum atomic E-state index is 13.4. The monoisotopic (exact) mass is 400 g/mol. The highest BCUT2D eigenvalue weighted by Gasteiger charge is 2.40. The summed E-state index contributed by atoms with van der Waals surface area (Å²) in [5.41, 5.74) is 2.79. The molecule has 0 aliphatic carbocycles. The number of rotatable bonds is 5. The topological polar surface area (TPSA) is 70.1 Å². The molecular weight excluding hydrogens is 376 g/mol. The number of hydrogen-bond donors (Lipinski definition) is 1. The lowest BCUT2D eigenvalue weighted by Gasteiger charge is -2.28. The van der Waals surface area contributed by atoms with E-state index in [1.165, 1.54) is 25.7 Å². The highest BCUT2D eigenvalue weighted by atomic mass is 32.2. The van der Waals surface area contributed by atoms with Crippen molar-refractivity contribution in [1.82, 2.24) is 5.06 Å². The van der Waals surface area contributed by atoms with Crippen LogP contribution in [0.3, 0.4) is 0 Å². The van der Waals surface area contributed by atoms with E-state index in [-0.39, 0.29) is 24.2 Å². The normalized spacial score (nSPS) is 19.3. The zero-order chi connectivity index (χ0) is 20.3. The first-order chi connectivity index (χ1) is 13.4. The molecule has 2 atom stereocenters. The van der Waals surface area contributed by atoms with Gasteiger partial charge in [-0.15, -0.1) is 11.8 Å². The van der Waals surface area contributed by atoms with Gasteiger partial charge in [0.05, 0.1) is 10.9 Å². The Hall–Kier alpha value is -2.35. The van der Waals surface area contributed by atoms with Gasteiger partial charge in [-0.05, 0) is 24.6 Å². The number of benzene rings is 2. The molecule has 28 heavy (non-hydrogen) atoms. The summed E-state index contributed by atoms with van der Waals surface area (Å²) in [4.78, 5) is 27.8.